The molecule has 0 bridgehead atoms. The summed E-state index contributed by atoms with van der Waals surface area (Å²) in [6, 6.07) is 86.6. The van der Waals surface area contributed by atoms with Crippen molar-refractivity contribution < 1.29 is 0 Å². The van der Waals surface area contributed by atoms with Crippen LogP contribution < -0.4 is 9.80 Å². The highest BCUT2D eigenvalue weighted by atomic mass is 32.2. The van der Waals surface area contributed by atoms with E-state index in [9.17, 15) is 0 Å². The normalized spacial score (nSPS) is 14.5. The maximum absolute atomic E-state index is 2.54. The van der Waals surface area contributed by atoms with Crippen LogP contribution in [-0.2, 0) is 11.8 Å². The third kappa shape index (κ3) is 5.97. The van der Waals surface area contributed by atoms with Crippen molar-refractivity contribution in [2.75, 3.05) is 16.3 Å². The first-order chi connectivity index (χ1) is 35.2. The molecule has 0 amide bonds. The summed E-state index contributed by atoms with van der Waals surface area (Å²) in [6.07, 6.45) is 6.93. The summed E-state index contributed by atoms with van der Waals surface area (Å²) in [4.78, 5) is 7.56. The Kier molecular flexibility index (Phi) is 9.03. The summed E-state index contributed by atoms with van der Waals surface area (Å²) in [6.45, 7) is 1.00. The summed E-state index contributed by atoms with van der Waals surface area (Å²) >= 11 is 1.85. The van der Waals surface area contributed by atoms with Gasteiger partial charge in [-0.15, -0.1) is 0 Å². The fraction of sp³-hybridized carbons (Fsp3) is 0.0588. The van der Waals surface area contributed by atoms with Gasteiger partial charge >= 0.3 is 0 Å². The number of hydrogen-bond acceptors (Lipinski definition) is 3. The lowest BCUT2D eigenvalue weighted by molar-refractivity contribution is 0.756. The van der Waals surface area contributed by atoms with Gasteiger partial charge in [-0.2, -0.15) is 0 Å². The molecule has 2 heterocycles. The van der Waals surface area contributed by atoms with E-state index in [0.717, 1.165) is 19.4 Å². The molecule has 0 unspecified atom stereocenters. The maximum Gasteiger partial charge on any atom is 0.0714 e. The van der Waals surface area contributed by atoms with Gasteiger partial charge in [0.2, 0.25) is 0 Å². The molecule has 0 fully saturated rings. The number of fused-ring (bicyclic) bond motifs is 8. The quantitative estimate of drug-likeness (QED) is 0.0932. The minimum Gasteiger partial charge on any atom is -0.341 e. The van der Waals surface area contributed by atoms with Crippen molar-refractivity contribution in [3.8, 4) is 11.1 Å². The Morgan fingerprint density at radius 1 is 0.408 bits per heavy atom. The second-order valence-electron chi connectivity index (χ2n) is 19.4. The summed E-state index contributed by atoms with van der Waals surface area (Å²) in [5.41, 5.74) is 17.3. The molecule has 3 heteroatoms. The highest BCUT2D eigenvalue weighted by Gasteiger charge is 2.46. The smallest absolute Gasteiger partial charge is 0.0714 e. The van der Waals surface area contributed by atoms with E-state index < -0.39 is 5.41 Å². The van der Waals surface area contributed by atoms with E-state index in [-0.39, 0.29) is 0 Å². The van der Waals surface area contributed by atoms with Crippen LogP contribution in [0.2, 0.25) is 0 Å². The molecule has 1 aliphatic carbocycles. The maximum atomic E-state index is 2.54. The number of rotatable bonds is 6. The third-order valence-corrected chi connectivity index (χ3v) is 16.9. The lowest BCUT2D eigenvalue weighted by Gasteiger charge is -2.36. The molecule has 12 aromatic rings. The van der Waals surface area contributed by atoms with Crippen LogP contribution in [0.25, 0.3) is 66.4 Å². The lowest BCUT2D eigenvalue weighted by atomic mass is 9.67. The zero-order chi connectivity index (χ0) is 46.6. The highest BCUT2D eigenvalue weighted by molar-refractivity contribution is 7.99. The van der Waals surface area contributed by atoms with Crippen molar-refractivity contribution in [2.45, 2.75) is 28.0 Å². The van der Waals surface area contributed by atoms with Gasteiger partial charge in [0.05, 0.1) is 22.5 Å². The highest BCUT2D eigenvalue weighted by Crippen LogP contribution is 2.58. The zero-order valence-corrected chi connectivity index (χ0v) is 39.8. The van der Waals surface area contributed by atoms with Gasteiger partial charge in [-0.05, 0) is 155 Å². The number of hydrogen-bond donors (Lipinski definition) is 0. The number of para-hydroxylation sites is 3. The van der Waals surface area contributed by atoms with Crippen molar-refractivity contribution >= 4 is 95.4 Å². The van der Waals surface area contributed by atoms with E-state index in [1.54, 1.807) is 0 Å². The molecule has 0 atom stereocenters. The first kappa shape index (κ1) is 40.5. The molecule has 0 saturated carbocycles. The molecule has 0 saturated heterocycles. The largest absolute Gasteiger partial charge is 0.341 e. The van der Waals surface area contributed by atoms with E-state index in [1.165, 1.54) is 131 Å². The van der Waals surface area contributed by atoms with Crippen molar-refractivity contribution in [1.29, 1.82) is 0 Å². The van der Waals surface area contributed by atoms with Crippen molar-refractivity contribution in [3.05, 3.63) is 269 Å². The third-order valence-electron chi connectivity index (χ3n) is 15.8. The molecule has 2 nitrogen and oxygen atoms in total. The Morgan fingerprint density at radius 2 is 0.972 bits per heavy atom. The molecule has 0 spiro atoms. The van der Waals surface area contributed by atoms with Crippen molar-refractivity contribution in [2.24, 2.45) is 0 Å². The minimum absolute atomic E-state index is 0.517. The van der Waals surface area contributed by atoms with Gasteiger partial charge in [0, 0.05) is 33.1 Å². The first-order valence-electron chi connectivity index (χ1n) is 24.9. The van der Waals surface area contributed by atoms with E-state index in [0.29, 0.717) is 0 Å². The number of aryl methyl sites for hydroxylation is 1. The number of nitrogens with zero attached hydrogens (tertiary/aromatic N) is 2. The van der Waals surface area contributed by atoms with E-state index in [2.05, 4.69) is 252 Å². The second kappa shape index (κ2) is 15.8. The van der Waals surface area contributed by atoms with Crippen LogP contribution in [0.1, 0.15) is 45.4 Å². The molecular formula is C68H46N2S. The van der Waals surface area contributed by atoms with E-state index in [1.807, 2.05) is 11.8 Å². The van der Waals surface area contributed by atoms with Crippen LogP contribution >= 0.6 is 11.8 Å². The average Bonchev–Trinajstić information content (AvgIpc) is 3.73. The second-order valence-corrected chi connectivity index (χ2v) is 20.5. The summed E-state index contributed by atoms with van der Waals surface area (Å²) in [7, 11) is 0. The monoisotopic (exact) mass is 922 g/mol. The van der Waals surface area contributed by atoms with Gasteiger partial charge in [0.15, 0.2) is 0 Å². The van der Waals surface area contributed by atoms with Crippen LogP contribution in [0.4, 0.5) is 28.4 Å². The Morgan fingerprint density at radius 3 is 1.69 bits per heavy atom. The Balaban J connectivity index is 0.871. The lowest BCUT2D eigenvalue weighted by Crippen LogP contribution is -2.29. The van der Waals surface area contributed by atoms with Crippen LogP contribution in [0.3, 0.4) is 0 Å². The van der Waals surface area contributed by atoms with Gasteiger partial charge < -0.3 is 9.80 Å². The molecule has 334 valence electrons. The average molecular weight is 923 g/mol. The molecule has 0 N–H and O–H groups in total. The Bertz CT molecular complexity index is 4030. The van der Waals surface area contributed by atoms with Gasteiger partial charge in [-0.3, -0.25) is 0 Å². The van der Waals surface area contributed by atoms with Crippen molar-refractivity contribution in [1.82, 2.24) is 0 Å². The Labute approximate surface area is 418 Å². The molecule has 71 heavy (non-hydrogen) atoms. The van der Waals surface area contributed by atoms with Crippen molar-refractivity contribution in [3.63, 3.8) is 0 Å². The summed E-state index contributed by atoms with van der Waals surface area (Å²) in [5, 5.41) is 10.3. The molecule has 0 aromatic heterocycles. The van der Waals surface area contributed by atoms with Gasteiger partial charge in [0.25, 0.3) is 0 Å². The standard InChI is InChI=1S/C68H46N2S/c1-3-18-47(19-4-1)68(48-20-5-2-6-21-48)58-42-44(32-36-51(58)52-38-35-49(43-59(52)68)69-41-15-17-46-16-7-8-26-60(46)69)31-33-45-34-37-55-54-24-14-25-57-61(40-39-56(67(54)57)53-23-13-22-50(45)66(53)55)70-62-27-9-11-29-64(62)71-65-30-12-10-28-63(65)70/h1-14,16,18-40,42-43H,15,17,41H2/b33-31+. The van der Waals surface area contributed by atoms with Crippen LogP contribution in [0.15, 0.2) is 240 Å². The zero-order valence-electron chi connectivity index (χ0n) is 39.0. The predicted molar refractivity (Wildman–Crippen MR) is 301 cm³/mol. The molecule has 12 aromatic carbocycles. The molecule has 2 aliphatic heterocycles. The van der Waals surface area contributed by atoms with Crippen LogP contribution in [0.5, 0.6) is 0 Å². The van der Waals surface area contributed by atoms with Gasteiger partial charge in [0.1, 0.15) is 0 Å². The number of benzene rings is 12. The van der Waals surface area contributed by atoms with Gasteiger partial charge in [-0.1, -0.05) is 200 Å². The van der Waals surface area contributed by atoms with E-state index >= 15 is 0 Å². The first-order valence-corrected chi connectivity index (χ1v) is 25.8. The van der Waals surface area contributed by atoms with Crippen LogP contribution in [-0.4, -0.2) is 6.54 Å². The van der Waals surface area contributed by atoms with Gasteiger partial charge in [-0.25, -0.2) is 0 Å². The fourth-order valence-corrected chi connectivity index (χ4v) is 13.8. The van der Waals surface area contributed by atoms with E-state index in [4.69, 9.17) is 0 Å². The fourth-order valence-electron chi connectivity index (χ4n) is 12.8. The molecule has 3 aliphatic rings. The number of anilines is 5. The summed E-state index contributed by atoms with van der Waals surface area (Å²) < 4.78 is 0. The molecular weight excluding hydrogens is 877 g/mol. The molecule has 15 rings (SSSR count). The van der Waals surface area contributed by atoms with Crippen LogP contribution in [0, 0.1) is 0 Å². The minimum atomic E-state index is -0.517. The topological polar surface area (TPSA) is 6.48 Å². The summed E-state index contributed by atoms with van der Waals surface area (Å²) in [5.74, 6) is 0. The Hall–Kier alpha value is -8.37. The predicted octanol–water partition coefficient (Wildman–Crippen LogP) is 18.3. The molecule has 0 radical (unpaired) electrons. The SMILES string of the molecule is C(=C\c1ccc2c3cccc4c(N5c6ccccc6Sc6ccccc65)ccc(c5cccc1c25)c43)/c1ccc2c(c1)C(c1ccccc1)(c1ccccc1)c1cc(N3CCCc4ccccc43)ccc1-2.